The number of nitrogens with one attached hydrogen (secondary N) is 2. The molecule has 6 nitrogen and oxygen atoms in total. The predicted octanol–water partition coefficient (Wildman–Crippen LogP) is 3.39. The first kappa shape index (κ1) is 20.1. The van der Waals surface area contributed by atoms with Crippen molar-refractivity contribution < 1.29 is 14.3 Å². The van der Waals surface area contributed by atoms with E-state index in [4.69, 9.17) is 4.74 Å². The number of amides is 2. The van der Waals surface area contributed by atoms with Crippen LogP contribution in [0.4, 0.5) is 0 Å². The molecule has 0 heterocycles. The van der Waals surface area contributed by atoms with Crippen LogP contribution in [0.25, 0.3) is 10.8 Å². The molecule has 0 saturated heterocycles. The van der Waals surface area contributed by atoms with E-state index in [1.54, 1.807) is 0 Å². The fraction of sp³-hybridized carbons (Fsp3) is 0.174. The van der Waals surface area contributed by atoms with Gasteiger partial charge in [-0.25, -0.2) is 5.43 Å². The lowest BCUT2D eigenvalue weighted by Gasteiger charge is -2.14. The summed E-state index contributed by atoms with van der Waals surface area (Å²) in [7, 11) is 0. The van der Waals surface area contributed by atoms with Crippen molar-refractivity contribution >= 4 is 28.8 Å². The highest BCUT2D eigenvalue weighted by molar-refractivity contribution is 6.35. The molecule has 3 rings (SSSR count). The number of hydrogen-bond acceptors (Lipinski definition) is 4. The van der Waals surface area contributed by atoms with Crippen LogP contribution in [0.1, 0.15) is 25.0 Å². The Morgan fingerprint density at radius 2 is 1.69 bits per heavy atom. The molecular formula is C23H23N3O3. The van der Waals surface area contributed by atoms with Crippen molar-refractivity contribution in [2.75, 3.05) is 0 Å². The van der Waals surface area contributed by atoms with Gasteiger partial charge < -0.3 is 10.1 Å². The number of hydrogen-bond donors (Lipinski definition) is 2. The maximum atomic E-state index is 12.0. The lowest BCUT2D eigenvalue weighted by atomic mass is 10.0. The molecule has 3 aromatic rings. The number of nitrogens with zero attached hydrogens (tertiary/aromatic N) is 1. The summed E-state index contributed by atoms with van der Waals surface area (Å²) in [6.07, 6.45) is 1.49. The molecule has 0 unspecified atom stereocenters. The summed E-state index contributed by atoms with van der Waals surface area (Å²) in [4.78, 5) is 24.0. The molecule has 0 bridgehead atoms. The van der Waals surface area contributed by atoms with Crippen molar-refractivity contribution in [2.24, 2.45) is 5.10 Å². The SMILES string of the molecule is CC(C)Oc1ccc2ccccc2c1/C=N\NC(=O)C(=O)NCc1ccccc1. The molecule has 0 aromatic heterocycles. The summed E-state index contributed by atoms with van der Waals surface area (Å²) >= 11 is 0. The Labute approximate surface area is 169 Å². The summed E-state index contributed by atoms with van der Waals surface area (Å²) < 4.78 is 5.86. The quantitative estimate of drug-likeness (QED) is 0.385. The van der Waals surface area contributed by atoms with Crippen LogP contribution >= 0.6 is 0 Å². The standard InChI is InChI=1S/C23H23N3O3/c1-16(2)29-21-13-12-18-10-6-7-11-19(18)20(21)15-25-26-23(28)22(27)24-14-17-8-4-3-5-9-17/h3-13,15-16H,14H2,1-2H3,(H,24,27)(H,26,28)/b25-15-. The smallest absolute Gasteiger partial charge is 0.329 e. The van der Waals surface area contributed by atoms with E-state index in [1.807, 2.05) is 80.6 Å². The number of hydrazone groups is 1. The zero-order valence-electron chi connectivity index (χ0n) is 16.4. The average molecular weight is 389 g/mol. The average Bonchev–Trinajstić information content (AvgIpc) is 2.73. The van der Waals surface area contributed by atoms with Gasteiger partial charge in [0.25, 0.3) is 0 Å². The lowest BCUT2D eigenvalue weighted by Crippen LogP contribution is -2.37. The van der Waals surface area contributed by atoms with Crippen LogP contribution in [0.2, 0.25) is 0 Å². The highest BCUT2D eigenvalue weighted by Gasteiger charge is 2.13. The van der Waals surface area contributed by atoms with Crippen molar-refractivity contribution in [3.05, 3.63) is 77.9 Å². The second-order valence-electron chi connectivity index (χ2n) is 6.73. The number of carbonyl (C=O) groups is 2. The summed E-state index contributed by atoms with van der Waals surface area (Å²) in [5.41, 5.74) is 3.92. The largest absolute Gasteiger partial charge is 0.490 e. The highest BCUT2D eigenvalue weighted by Crippen LogP contribution is 2.27. The third-order valence-electron chi connectivity index (χ3n) is 4.16. The molecule has 2 N–H and O–H groups in total. The van der Waals surface area contributed by atoms with Crippen LogP contribution in [0.3, 0.4) is 0 Å². The number of carbonyl (C=O) groups excluding carboxylic acids is 2. The van der Waals surface area contributed by atoms with Gasteiger partial charge in [0, 0.05) is 12.1 Å². The van der Waals surface area contributed by atoms with E-state index in [0.29, 0.717) is 5.75 Å². The molecule has 0 aliphatic carbocycles. The summed E-state index contributed by atoms with van der Waals surface area (Å²) in [5, 5.41) is 8.50. The molecule has 0 spiro atoms. The number of fused-ring (bicyclic) bond motifs is 1. The van der Waals surface area contributed by atoms with Gasteiger partial charge >= 0.3 is 11.8 Å². The van der Waals surface area contributed by atoms with Gasteiger partial charge in [0.2, 0.25) is 0 Å². The van der Waals surface area contributed by atoms with Crippen LogP contribution < -0.4 is 15.5 Å². The predicted molar refractivity (Wildman–Crippen MR) is 114 cm³/mol. The van der Waals surface area contributed by atoms with Crippen LogP contribution in [0.5, 0.6) is 5.75 Å². The number of benzene rings is 3. The molecule has 2 amide bonds. The van der Waals surface area contributed by atoms with E-state index in [2.05, 4.69) is 15.8 Å². The zero-order chi connectivity index (χ0) is 20.6. The van der Waals surface area contributed by atoms with Gasteiger partial charge in [0.1, 0.15) is 5.75 Å². The first-order valence-corrected chi connectivity index (χ1v) is 9.38. The molecule has 29 heavy (non-hydrogen) atoms. The molecule has 6 heteroatoms. The van der Waals surface area contributed by atoms with E-state index in [9.17, 15) is 9.59 Å². The zero-order valence-corrected chi connectivity index (χ0v) is 16.4. The minimum absolute atomic E-state index is 0.0123. The van der Waals surface area contributed by atoms with Gasteiger partial charge in [-0.1, -0.05) is 60.7 Å². The highest BCUT2D eigenvalue weighted by atomic mass is 16.5. The van der Waals surface area contributed by atoms with E-state index in [-0.39, 0.29) is 12.6 Å². The second-order valence-corrected chi connectivity index (χ2v) is 6.73. The van der Waals surface area contributed by atoms with Crippen molar-refractivity contribution in [2.45, 2.75) is 26.5 Å². The van der Waals surface area contributed by atoms with Gasteiger partial charge in [-0.15, -0.1) is 0 Å². The van der Waals surface area contributed by atoms with E-state index < -0.39 is 11.8 Å². The third kappa shape index (κ3) is 5.42. The molecule has 0 radical (unpaired) electrons. The van der Waals surface area contributed by atoms with E-state index >= 15 is 0 Å². The van der Waals surface area contributed by atoms with Gasteiger partial charge in [-0.05, 0) is 36.2 Å². The normalized spacial score (nSPS) is 11.0. The Morgan fingerprint density at radius 1 is 0.966 bits per heavy atom. The Balaban J connectivity index is 1.69. The maximum absolute atomic E-state index is 12.0. The maximum Gasteiger partial charge on any atom is 0.329 e. The van der Waals surface area contributed by atoms with Crippen LogP contribution in [-0.2, 0) is 16.1 Å². The molecule has 0 aliphatic heterocycles. The Hall–Kier alpha value is -3.67. The van der Waals surface area contributed by atoms with Gasteiger partial charge in [0.05, 0.1) is 12.3 Å². The van der Waals surface area contributed by atoms with Crippen LogP contribution in [0.15, 0.2) is 71.8 Å². The van der Waals surface area contributed by atoms with Crippen LogP contribution in [-0.4, -0.2) is 24.1 Å². The minimum atomic E-state index is -0.830. The third-order valence-corrected chi connectivity index (χ3v) is 4.16. The topological polar surface area (TPSA) is 79.8 Å². The number of rotatable bonds is 6. The molecular weight excluding hydrogens is 366 g/mol. The second kappa shape index (κ2) is 9.50. The molecule has 0 saturated carbocycles. The van der Waals surface area contributed by atoms with Crippen molar-refractivity contribution in [1.82, 2.24) is 10.7 Å². The molecule has 3 aromatic carbocycles. The fourth-order valence-electron chi connectivity index (χ4n) is 2.83. The Morgan fingerprint density at radius 3 is 2.45 bits per heavy atom. The minimum Gasteiger partial charge on any atom is -0.490 e. The molecule has 0 aliphatic rings. The molecule has 0 fully saturated rings. The van der Waals surface area contributed by atoms with Gasteiger partial charge in [0.15, 0.2) is 0 Å². The van der Waals surface area contributed by atoms with Crippen molar-refractivity contribution in [3.8, 4) is 5.75 Å². The van der Waals surface area contributed by atoms with E-state index in [0.717, 1.165) is 21.9 Å². The fourth-order valence-corrected chi connectivity index (χ4v) is 2.83. The first-order valence-electron chi connectivity index (χ1n) is 9.38. The lowest BCUT2D eigenvalue weighted by molar-refractivity contribution is -0.139. The van der Waals surface area contributed by atoms with Gasteiger partial charge in [-0.2, -0.15) is 5.10 Å². The van der Waals surface area contributed by atoms with Crippen LogP contribution in [0, 0.1) is 0 Å². The molecule has 0 atom stereocenters. The first-order chi connectivity index (χ1) is 14.0. The Bertz CT molecular complexity index is 1030. The van der Waals surface area contributed by atoms with E-state index in [1.165, 1.54) is 6.21 Å². The summed E-state index contributed by atoms with van der Waals surface area (Å²) in [6, 6.07) is 21.0. The van der Waals surface area contributed by atoms with Gasteiger partial charge in [-0.3, -0.25) is 9.59 Å². The number of ether oxygens (including phenoxy) is 1. The summed E-state index contributed by atoms with van der Waals surface area (Å²) in [6.45, 7) is 4.15. The van der Waals surface area contributed by atoms with Crippen molar-refractivity contribution in [3.63, 3.8) is 0 Å². The monoisotopic (exact) mass is 389 g/mol. The van der Waals surface area contributed by atoms with Crippen molar-refractivity contribution in [1.29, 1.82) is 0 Å². The molecule has 148 valence electrons. The Kier molecular flexibility index (Phi) is 6.58. The summed E-state index contributed by atoms with van der Waals surface area (Å²) in [5.74, 6) is -0.920.